The van der Waals surface area contributed by atoms with Crippen molar-refractivity contribution in [3.8, 4) is 11.5 Å². The second-order valence-corrected chi connectivity index (χ2v) is 4.33. The molecular weight excluding hydrogens is 270 g/mol. The molecule has 0 fully saturated rings. The summed E-state index contributed by atoms with van der Waals surface area (Å²) in [5, 5.41) is 12.0. The minimum Gasteiger partial charge on any atom is -0.497 e. The van der Waals surface area contributed by atoms with Gasteiger partial charge in [-0.25, -0.2) is 4.79 Å². The lowest BCUT2D eigenvalue weighted by molar-refractivity contribution is 0.0697. The maximum atomic E-state index is 10.7. The number of rotatable bonds is 7. The van der Waals surface area contributed by atoms with Crippen molar-refractivity contribution in [3.05, 3.63) is 54.1 Å². The van der Waals surface area contributed by atoms with Crippen LogP contribution in [-0.2, 0) is 0 Å². The maximum Gasteiger partial charge on any atom is 0.335 e. The van der Waals surface area contributed by atoms with Gasteiger partial charge in [-0.3, -0.25) is 0 Å². The first-order valence-electron chi connectivity index (χ1n) is 6.53. The highest BCUT2D eigenvalue weighted by atomic mass is 16.5. The molecule has 0 heterocycles. The van der Waals surface area contributed by atoms with Crippen molar-refractivity contribution >= 4 is 11.7 Å². The molecule has 5 nitrogen and oxygen atoms in total. The first kappa shape index (κ1) is 14.7. The Morgan fingerprint density at radius 3 is 2.24 bits per heavy atom. The van der Waals surface area contributed by atoms with Gasteiger partial charge in [0.1, 0.15) is 18.1 Å². The third-order valence-electron chi connectivity index (χ3n) is 2.89. The van der Waals surface area contributed by atoms with E-state index >= 15 is 0 Å². The predicted molar refractivity (Wildman–Crippen MR) is 80.4 cm³/mol. The summed E-state index contributed by atoms with van der Waals surface area (Å²) in [6, 6.07) is 14.0. The van der Waals surface area contributed by atoms with E-state index in [9.17, 15) is 4.79 Å². The molecule has 0 aromatic heterocycles. The van der Waals surface area contributed by atoms with E-state index in [2.05, 4.69) is 5.32 Å². The Morgan fingerprint density at radius 1 is 1.05 bits per heavy atom. The summed E-state index contributed by atoms with van der Waals surface area (Å²) in [5.41, 5.74) is 1.13. The average molecular weight is 287 g/mol. The van der Waals surface area contributed by atoms with Crippen molar-refractivity contribution in [1.82, 2.24) is 0 Å². The average Bonchev–Trinajstić information content (AvgIpc) is 2.52. The number of anilines is 1. The van der Waals surface area contributed by atoms with E-state index in [1.807, 2.05) is 24.3 Å². The zero-order valence-corrected chi connectivity index (χ0v) is 11.7. The molecule has 0 amide bonds. The van der Waals surface area contributed by atoms with Crippen molar-refractivity contribution < 1.29 is 19.4 Å². The monoisotopic (exact) mass is 287 g/mol. The summed E-state index contributed by atoms with van der Waals surface area (Å²) >= 11 is 0. The highest BCUT2D eigenvalue weighted by Gasteiger charge is 2.01. The van der Waals surface area contributed by atoms with Crippen LogP contribution in [0, 0.1) is 0 Å². The van der Waals surface area contributed by atoms with Gasteiger partial charge in [0.05, 0.1) is 12.7 Å². The van der Waals surface area contributed by atoms with Crippen LogP contribution in [-0.4, -0.2) is 31.3 Å². The number of carbonyl (C=O) groups is 1. The van der Waals surface area contributed by atoms with Crippen LogP contribution in [0.25, 0.3) is 0 Å². The van der Waals surface area contributed by atoms with Gasteiger partial charge in [0.15, 0.2) is 0 Å². The molecule has 2 rings (SSSR count). The fourth-order valence-electron chi connectivity index (χ4n) is 1.77. The number of hydrogen-bond donors (Lipinski definition) is 2. The number of carboxylic acid groups (broad SMARTS) is 1. The SMILES string of the molecule is COc1ccc(OCCNc2ccc(C(=O)O)cc2)cc1. The lowest BCUT2D eigenvalue weighted by Crippen LogP contribution is -2.11. The number of hydrogen-bond acceptors (Lipinski definition) is 4. The van der Waals surface area contributed by atoms with E-state index in [1.54, 1.807) is 31.4 Å². The fraction of sp³-hybridized carbons (Fsp3) is 0.188. The number of aromatic carboxylic acids is 1. The van der Waals surface area contributed by atoms with E-state index in [4.69, 9.17) is 14.6 Å². The van der Waals surface area contributed by atoms with Crippen molar-refractivity contribution in [3.63, 3.8) is 0 Å². The highest BCUT2D eigenvalue weighted by molar-refractivity contribution is 5.87. The van der Waals surface area contributed by atoms with E-state index in [-0.39, 0.29) is 5.56 Å². The van der Waals surface area contributed by atoms with Crippen LogP contribution in [0.3, 0.4) is 0 Å². The molecule has 0 spiro atoms. The van der Waals surface area contributed by atoms with E-state index in [0.717, 1.165) is 17.2 Å². The van der Waals surface area contributed by atoms with Crippen LogP contribution in [0.15, 0.2) is 48.5 Å². The third kappa shape index (κ3) is 4.42. The standard InChI is InChI=1S/C16H17NO4/c1-20-14-6-8-15(9-7-14)21-11-10-17-13-4-2-12(3-5-13)16(18)19/h2-9,17H,10-11H2,1H3,(H,18,19). The molecule has 0 radical (unpaired) electrons. The maximum absolute atomic E-state index is 10.7. The highest BCUT2D eigenvalue weighted by Crippen LogP contribution is 2.16. The van der Waals surface area contributed by atoms with Gasteiger partial charge in [-0.2, -0.15) is 0 Å². The number of ether oxygens (including phenoxy) is 2. The minimum absolute atomic E-state index is 0.273. The normalized spacial score (nSPS) is 9.95. The Labute approximate surface area is 123 Å². The molecule has 0 saturated heterocycles. The number of methoxy groups -OCH3 is 1. The van der Waals surface area contributed by atoms with Crippen LogP contribution >= 0.6 is 0 Å². The predicted octanol–water partition coefficient (Wildman–Crippen LogP) is 2.88. The molecular formula is C16H17NO4. The number of carboxylic acids is 1. The summed E-state index contributed by atoms with van der Waals surface area (Å²) in [6.07, 6.45) is 0. The molecule has 0 bridgehead atoms. The van der Waals surface area contributed by atoms with Crippen molar-refractivity contribution in [2.24, 2.45) is 0 Å². The molecule has 0 unspecified atom stereocenters. The van der Waals surface area contributed by atoms with Gasteiger partial charge in [-0.15, -0.1) is 0 Å². The molecule has 2 aromatic carbocycles. The van der Waals surface area contributed by atoms with Gasteiger partial charge in [0.2, 0.25) is 0 Å². The van der Waals surface area contributed by atoms with Gasteiger partial charge in [-0.1, -0.05) is 0 Å². The molecule has 0 aliphatic carbocycles. The smallest absolute Gasteiger partial charge is 0.335 e. The third-order valence-corrected chi connectivity index (χ3v) is 2.89. The van der Waals surface area contributed by atoms with E-state index in [0.29, 0.717) is 13.2 Å². The Balaban J connectivity index is 1.74. The molecule has 5 heteroatoms. The summed E-state index contributed by atoms with van der Waals surface area (Å²) in [5.74, 6) is 0.641. The topological polar surface area (TPSA) is 67.8 Å². The molecule has 0 aliphatic heterocycles. The van der Waals surface area contributed by atoms with Crippen molar-refractivity contribution in [2.45, 2.75) is 0 Å². The second-order valence-electron chi connectivity index (χ2n) is 4.33. The van der Waals surface area contributed by atoms with Crippen molar-refractivity contribution in [1.29, 1.82) is 0 Å². The largest absolute Gasteiger partial charge is 0.497 e. The zero-order chi connectivity index (χ0) is 15.1. The Bertz CT molecular complexity index is 578. The molecule has 0 saturated carbocycles. The number of nitrogens with one attached hydrogen (secondary N) is 1. The number of benzene rings is 2. The van der Waals surface area contributed by atoms with Gasteiger partial charge >= 0.3 is 5.97 Å². The summed E-state index contributed by atoms with van der Waals surface area (Å²) in [4.78, 5) is 10.7. The summed E-state index contributed by atoms with van der Waals surface area (Å²) < 4.78 is 10.6. The molecule has 2 N–H and O–H groups in total. The second kappa shape index (κ2) is 7.19. The summed E-state index contributed by atoms with van der Waals surface area (Å²) in [7, 11) is 1.62. The van der Waals surface area contributed by atoms with Crippen LogP contribution in [0.5, 0.6) is 11.5 Å². The lowest BCUT2D eigenvalue weighted by atomic mass is 10.2. The molecule has 21 heavy (non-hydrogen) atoms. The molecule has 110 valence electrons. The summed E-state index contributed by atoms with van der Waals surface area (Å²) in [6.45, 7) is 1.13. The Morgan fingerprint density at radius 2 is 1.67 bits per heavy atom. The van der Waals surface area contributed by atoms with Crippen LogP contribution in [0.1, 0.15) is 10.4 Å². The van der Waals surface area contributed by atoms with Crippen LogP contribution < -0.4 is 14.8 Å². The van der Waals surface area contributed by atoms with Gasteiger partial charge in [0.25, 0.3) is 0 Å². The molecule has 2 aromatic rings. The van der Waals surface area contributed by atoms with Crippen LogP contribution in [0.2, 0.25) is 0 Å². The van der Waals surface area contributed by atoms with Gasteiger partial charge in [0, 0.05) is 12.2 Å². The molecule has 0 aliphatic rings. The first-order chi connectivity index (χ1) is 10.2. The van der Waals surface area contributed by atoms with Gasteiger partial charge in [-0.05, 0) is 48.5 Å². The quantitative estimate of drug-likeness (QED) is 0.766. The Hall–Kier alpha value is -2.69. The zero-order valence-electron chi connectivity index (χ0n) is 11.7. The minimum atomic E-state index is -0.926. The Kier molecular flexibility index (Phi) is 5.04. The van der Waals surface area contributed by atoms with Gasteiger partial charge < -0.3 is 19.9 Å². The van der Waals surface area contributed by atoms with Crippen LogP contribution in [0.4, 0.5) is 5.69 Å². The lowest BCUT2D eigenvalue weighted by Gasteiger charge is -2.09. The van der Waals surface area contributed by atoms with E-state index in [1.165, 1.54) is 0 Å². The van der Waals surface area contributed by atoms with E-state index < -0.39 is 5.97 Å². The fourth-order valence-corrected chi connectivity index (χ4v) is 1.77. The first-order valence-corrected chi connectivity index (χ1v) is 6.53. The molecule has 0 atom stereocenters. The van der Waals surface area contributed by atoms with Crippen molar-refractivity contribution in [2.75, 3.05) is 25.6 Å².